The van der Waals surface area contributed by atoms with Crippen molar-refractivity contribution < 1.29 is 115 Å². The molecule has 770 valence electrons. The van der Waals surface area contributed by atoms with Gasteiger partial charge in [-0.3, -0.25) is 72.5 Å². The SMILES string of the molecule is Nc1nc2ncc(CNc3ccc(C(=O)N[C@@H](CCC(=O)NCCOCCOCCNC(=O)CCOCC(N)(COCCC(=O)NCCOCCOCCNC(=O)CC[C@H](NC(=O)c4ccc(NCc5cnc6nc(N)[nH]c(=O)c6n5)cc4)C(=O)O)COCCC(=O)NCCOCCOCCNC(=O)CC[C@H](NC(=O)c4ccc(NCc5cnc6nc(N)[nH]c(=O)c6n5)cc4)C(=O)O)C(=O)O)cc3)nc2c(=O)[nH]1. The third kappa shape index (κ3) is 41.0. The Morgan fingerprint density at radius 3 is 0.776 bits per heavy atom. The molecule has 26 N–H and O–H groups in total. The average Bonchev–Trinajstić information content (AvgIpc) is 0.816. The topological polar surface area (TPSA) is 812 Å². The Bertz CT molecular complexity index is 5370. The van der Waals surface area contributed by atoms with Crippen molar-refractivity contribution in [1.82, 2.24) is 108 Å². The predicted octanol–water partition coefficient (Wildman–Crippen LogP) is -3.65. The fraction of sp³-hybridized carbons (Fsp3) is 0.455. The molecule has 0 aliphatic rings. The van der Waals surface area contributed by atoms with Crippen molar-refractivity contribution >= 4 is 139 Å². The smallest absolute Gasteiger partial charge is 0.326 e. The van der Waals surface area contributed by atoms with E-state index in [0.717, 1.165) is 0 Å². The van der Waals surface area contributed by atoms with Crippen LogP contribution in [0.25, 0.3) is 33.5 Å². The van der Waals surface area contributed by atoms with Gasteiger partial charge in [0.05, 0.1) is 180 Å². The zero-order valence-electron chi connectivity index (χ0n) is 77.8. The Balaban J connectivity index is 0.592. The molecule has 0 fully saturated rings. The van der Waals surface area contributed by atoms with Crippen LogP contribution in [-0.4, -0.2) is 328 Å². The van der Waals surface area contributed by atoms with Gasteiger partial charge in [-0.2, -0.15) is 15.0 Å². The number of aromatic amines is 3. The van der Waals surface area contributed by atoms with E-state index in [0.29, 0.717) is 34.1 Å². The van der Waals surface area contributed by atoms with Crippen molar-refractivity contribution in [2.75, 3.05) is 191 Å². The first kappa shape index (κ1) is 111. The average molecular weight is 2000 g/mol. The van der Waals surface area contributed by atoms with Gasteiger partial charge in [0.15, 0.2) is 33.5 Å². The second kappa shape index (κ2) is 59.7. The number of nitrogens with one attached hydrogen (secondary N) is 15. The summed E-state index contributed by atoms with van der Waals surface area (Å²) in [5, 5.41) is 62.1. The van der Waals surface area contributed by atoms with Gasteiger partial charge in [0.1, 0.15) is 18.1 Å². The van der Waals surface area contributed by atoms with Crippen LogP contribution in [-0.2, 0) is 105 Å². The van der Waals surface area contributed by atoms with E-state index < -0.39 is 93.7 Å². The van der Waals surface area contributed by atoms with E-state index >= 15 is 0 Å². The van der Waals surface area contributed by atoms with Gasteiger partial charge in [-0.05, 0) is 92.1 Å². The van der Waals surface area contributed by atoms with Crippen LogP contribution < -0.4 is 103 Å². The summed E-state index contributed by atoms with van der Waals surface area (Å²) in [7, 11) is 0. The van der Waals surface area contributed by atoms with E-state index in [2.05, 4.69) is 124 Å². The normalized spacial score (nSPS) is 11.9. The molecule has 9 amide bonds. The van der Waals surface area contributed by atoms with Crippen LogP contribution in [0.4, 0.5) is 34.9 Å². The number of aromatic nitrogens is 12. The predicted molar refractivity (Wildman–Crippen MR) is 509 cm³/mol. The molecule has 0 bridgehead atoms. The first-order valence-corrected chi connectivity index (χ1v) is 45.2. The van der Waals surface area contributed by atoms with E-state index in [1.165, 1.54) is 55.0 Å². The Morgan fingerprint density at radius 2 is 0.545 bits per heavy atom. The van der Waals surface area contributed by atoms with E-state index in [4.69, 9.17) is 65.6 Å². The molecule has 0 aliphatic heterocycles. The molecule has 0 spiro atoms. The number of ether oxygens (including phenoxy) is 9. The third-order valence-electron chi connectivity index (χ3n) is 20.2. The third-order valence-corrected chi connectivity index (χ3v) is 20.2. The summed E-state index contributed by atoms with van der Waals surface area (Å²) in [6, 6.07) is 14.3. The van der Waals surface area contributed by atoms with Crippen LogP contribution in [0.15, 0.2) is 106 Å². The standard InChI is InChI=1S/C88H116N28O27/c89-85-111-73-70(79(126)114-85)105-58(46-102-73)43-99-55-7-1-52(2-8-55)76(123)108-61(82(129)130)13-16-64(117)93-22-31-135-37-40-138-34-25-96-67(120)19-28-141-49-88(92,50-142-29-20-68(121)97-26-35-139-41-38-136-32-23-94-65(118)17-14-62(83(131)132)109-77(124)53-3-9-56(10-4-53)100-44-59-47-103-74-71(106-59)80(127)115-86(90)112-74)51-143-30-21-69(122)98-27-36-140-42-39-137-33-24-95-66(119)18-15-63(84(133)134)110-78(125)54-5-11-57(12-6-54)101-45-60-48-104-75-72(107-60)81(128)116-87(91)113-75/h1-12,46-48,61-63,99-101H,13-45,49-51,92H2,(H,93,117)(H,94,118)(H,95,119)(H,96,120)(H,97,121)(H,98,122)(H,108,123)(H,109,124)(H,110,125)(H,129,130)(H,131,132)(H,133,134)(H3,89,102,111,114,126)(H3,90,103,112,115,127)(H3,91,104,113,116,128)/t61-,62-,63-/m0/s1. The highest BCUT2D eigenvalue weighted by molar-refractivity contribution is 5.99. The minimum Gasteiger partial charge on any atom is -0.480 e. The van der Waals surface area contributed by atoms with Gasteiger partial charge in [0.2, 0.25) is 53.3 Å². The summed E-state index contributed by atoms with van der Waals surface area (Å²) >= 11 is 0. The number of amides is 9. The van der Waals surface area contributed by atoms with Gasteiger partial charge in [-0.15, -0.1) is 0 Å². The molecule has 0 aliphatic carbocycles. The summed E-state index contributed by atoms with van der Waals surface area (Å²) in [6.45, 7) is 2.09. The molecule has 0 unspecified atom stereocenters. The van der Waals surface area contributed by atoms with Crippen molar-refractivity contribution in [2.45, 2.75) is 101 Å². The first-order chi connectivity index (χ1) is 68.9. The van der Waals surface area contributed by atoms with Crippen molar-refractivity contribution in [1.29, 1.82) is 0 Å². The minimum atomic E-state index is -1.37. The number of nitrogens with zero attached hydrogens (tertiary/aromatic N) is 9. The molecule has 9 rings (SSSR count). The van der Waals surface area contributed by atoms with Gasteiger partial charge in [-0.1, -0.05) is 0 Å². The maximum Gasteiger partial charge on any atom is 0.326 e. The molecule has 0 saturated carbocycles. The lowest BCUT2D eigenvalue weighted by atomic mass is 10.1. The van der Waals surface area contributed by atoms with Crippen molar-refractivity contribution in [3.05, 3.63) is 156 Å². The van der Waals surface area contributed by atoms with E-state index in [-0.39, 0.29) is 321 Å². The first-order valence-electron chi connectivity index (χ1n) is 45.2. The highest BCUT2D eigenvalue weighted by Crippen LogP contribution is 2.18. The lowest BCUT2D eigenvalue weighted by Gasteiger charge is -2.29. The molecule has 0 saturated heterocycles. The number of carboxylic acids is 3. The van der Waals surface area contributed by atoms with Crippen LogP contribution >= 0.6 is 0 Å². The van der Waals surface area contributed by atoms with Crippen LogP contribution in [0.1, 0.15) is 106 Å². The molecule has 143 heavy (non-hydrogen) atoms. The van der Waals surface area contributed by atoms with E-state index in [9.17, 15) is 87.2 Å². The molecule has 6 heterocycles. The number of aliphatic carboxylic acids is 3. The number of fused-ring (bicyclic) bond motifs is 3. The highest BCUT2D eigenvalue weighted by atomic mass is 16.5. The maximum absolute atomic E-state index is 13.0. The number of rotatable bonds is 69. The largest absolute Gasteiger partial charge is 0.480 e. The maximum atomic E-state index is 13.0. The van der Waals surface area contributed by atoms with Gasteiger partial charge < -0.3 is 145 Å². The van der Waals surface area contributed by atoms with Crippen molar-refractivity contribution in [3.63, 3.8) is 0 Å². The molecule has 0 radical (unpaired) electrons. The van der Waals surface area contributed by atoms with Crippen LogP contribution in [0, 0.1) is 0 Å². The number of nitrogens with two attached hydrogens (primary N) is 4. The fourth-order valence-corrected chi connectivity index (χ4v) is 12.8. The zero-order valence-corrected chi connectivity index (χ0v) is 77.8. The number of nitrogen functional groups attached to an aromatic ring is 3. The summed E-state index contributed by atoms with van der Waals surface area (Å²) in [4.78, 5) is 232. The van der Waals surface area contributed by atoms with E-state index in [1.807, 2.05) is 0 Å². The number of carbonyl (C=O) groups is 12. The highest BCUT2D eigenvalue weighted by Gasteiger charge is 2.30. The van der Waals surface area contributed by atoms with E-state index in [1.54, 1.807) is 36.4 Å². The fourth-order valence-electron chi connectivity index (χ4n) is 12.8. The van der Waals surface area contributed by atoms with Gasteiger partial charge >= 0.3 is 17.9 Å². The van der Waals surface area contributed by atoms with Crippen LogP contribution in [0.3, 0.4) is 0 Å². The molecular formula is C88H116N28O27. The van der Waals surface area contributed by atoms with Crippen LogP contribution in [0.2, 0.25) is 0 Å². The quantitative estimate of drug-likeness (QED) is 0.0163. The molecule has 6 aromatic heterocycles. The Morgan fingerprint density at radius 1 is 0.315 bits per heavy atom. The summed E-state index contributed by atoms with van der Waals surface area (Å²) in [5.41, 5.74) is 24.3. The summed E-state index contributed by atoms with van der Waals surface area (Å²) in [6.07, 6.45) is 2.84. The van der Waals surface area contributed by atoms with Gasteiger partial charge in [-0.25, -0.2) is 44.3 Å². The molecule has 55 heteroatoms. The van der Waals surface area contributed by atoms with Crippen LogP contribution in [0.5, 0.6) is 0 Å². The lowest BCUT2D eigenvalue weighted by Crippen LogP contribution is -2.53. The summed E-state index contributed by atoms with van der Waals surface area (Å²) in [5.74, 6) is -8.81. The zero-order chi connectivity index (χ0) is 103. The Kier molecular flexibility index (Phi) is 46.3. The number of carbonyl (C=O) groups excluding carboxylic acids is 9. The monoisotopic (exact) mass is 2000 g/mol. The van der Waals surface area contributed by atoms with Crippen molar-refractivity contribution in [2.24, 2.45) is 5.73 Å². The van der Waals surface area contributed by atoms with Gasteiger partial charge in [0, 0.05) is 112 Å². The van der Waals surface area contributed by atoms with Crippen molar-refractivity contribution in [3.8, 4) is 0 Å². The second-order valence-corrected chi connectivity index (χ2v) is 31.5. The lowest BCUT2D eigenvalue weighted by molar-refractivity contribution is -0.140. The molecule has 3 atom stereocenters. The Hall–Kier alpha value is -15.6. The number of hydrogen-bond donors (Lipinski definition) is 22. The van der Waals surface area contributed by atoms with Gasteiger partial charge in [0.25, 0.3) is 34.4 Å². The molecule has 3 aromatic carbocycles. The number of hydrogen-bond acceptors (Lipinski definition) is 40. The number of benzene rings is 3. The Labute approximate surface area is 813 Å². The second-order valence-electron chi connectivity index (χ2n) is 31.5. The molecular weight excluding hydrogens is 1880 g/mol. The minimum absolute atomic E-state index is 0.0132. The summed E-state index contributed by atoms with van der Waals surface area (Å²) < 4.78 is 50.6. The number of H-pyrrole nitrogens is 3. The molecule has 9 aromatic rings. The molecule has 55 nitrogen and oxygen atoms in total. The number of carboxylic acid groups (broad SMARTS) is 3. The number of anilines is 6.